The van der Waals surface area contributed by atoms with Crippen LogP contribution in [0.5, 0.6) is 0 Å². The van der Waals surface area contributed by atoms with Gasteiger partial charge < -0.3 is 19.7 Å². The van der Waals surface area contributed by atoms with Gasteiger partial charge in [-0.25, -0.2) is 0 Å². The summed E-state index contributed by atoms with van der Waals surface area (Å²) in [7, 11) is 0. The second-order valence-corrected chi connectivity index (χ2v) is 6.90. The number of hydrogen-bond donors (Lipinski definition) is 2. The molecule has 4 nitrogen and oxygen atoms in total. The number of benzene rings is 2. The van der Waals surface area contributed by atoms with Crippen LogP contribution >= 0.6 is 0 Å². The van der Waals surface area contributed by atoms with Crippen molar-refractivity contribution < 1.29 is 10.2 Å². The van der Waals surface area contributed by atoms with Crippen LogP contribution in [0, 0.1) is 5.92 Å². The first-order chi connectivity index (χ1) is 11.8. The molecule has 1 aliphatic heterocycles. The maximum Gasteiger partial charge on any atom is 0.0845 e. The molecule has 1 aromatic heterocycles. The molecule has 2 aromatic carbocycles. The minimum Gasteiger partial charge on any atom is -0.396 e. The monoisotopic (exact) mass is 324 g/mol. The van der Waals surface area contributed by atoms with Gasteiger partial charge in [0.2, 0.25) is 0 Å². The van der Waals surface area contributed by atoms with Crippen molar-refractivity contribution in [1.29, 1.82) is 0 Å². The summed E-state index contributed by atoms with van der Waals surface area (Å²) in [5.74, 6) is 0.366. The van der Waals surface area contributed by atoms with Gasteiger partial charge >= 0.3 is 0 Å². The third-order valence-corrected chi connectivity index (χ3v) is 5.17. The number of likely N-dealkylation sites (tertiary alicyclic amines) is 1. The molecule has 24 heavy (non-hydrogen) atoms. The van der Waals surface area contributed by atoms with Crippen LogP contribution in [0.15, 0.2) is 48.5 Å². The van der Waals surface area contributed by atoms with E-state index in [0.29, 0.717) is 19.0 Å². The van der Waals surface area contributed by atoms with Gasteiger partial charge in [0.25, 0.3) is 0 Å². The zero-order valence-corrected chi connectivity index (χ0v) is 13.8. The summed E-state index contributed by atoms with van der Waals surface area (Å²) in [6, 6.07) is 16.8. The van der Waals surface area contributed by atoms with Crippen LogP contribution in [0.3, 0.4) is 0 Å². The SMILES string of the molecule is OC[C@H]1CCN(C[C@H](O)Cn2c3ccccc3c3ccccc32)C1. The summed E-state index contributed by atoms with van der Waals surface area (Å²) in [5, 5.41) is 22.4. The first-order valence-corrected chi connectivity index (χ1v) is 8.73. The van der Waals surface area contributed by atoms with E-state index in [9.17, 15) is 10.2 Å². The van der Waals surface area contributed by atoms with E-state index in [-0.39, 0.29) is 6.61 Å². The average Bonchev–Trinajstić information content (AvgIpc) is 3.19. The van der Waals surface area contributed by atoms with Crippen LogP contribution in [0.25, 0.3) is 21.8 Å². The molecule has 2 heterocycles. The first-order valence-electron chi connectivity index (χ1n) is 8.73. The second-order valence-electron chi connectivity index (χ2n) is 6.90. The summed E-state index contributed by atoms with van der Waals surface area (Å²) in [5.41, 5.74) is 2.35. The molecule has 3 aromatic rings. The molecular formula is C20H24N2O2. The van der Waals surface area contributed by atoms with Crippen molar-refractivity contribution in [3.05, 3.63) is 48.5 Å². The fourth-order valence-electron chi connectivity index (χ4n) is 3.99. The predicted octanol–water partition coefficient (Wildman–Crippen LogP) is 2.47. The number of hydrogen-bond acceptors (Lipinski definition) is 3. The topological polar surface area (TPSA) is 48.6 Å². The minimum atomic E-state index is -0.415. The molecule has 4 heteroatoms. The number of aliphatic hydroxyl groups is 2. The lowest BCUT2D eigenvalue weighted by Gasteiger charge is -2.21. The van der Waals surface area contributed by atoms with Crippen molar-refractivity contribution in [3.63, 3.8) is 0 Å². The van der Waals surface area contributed by atoms with E-state index in [1.165, 1.54) is 21.8 Å². The van der Waals surface area contributed by atoms with E-state index in [1.54, 1.807) is 0 Å². The third kappa shape index (κ3) is 2.81. The molecule has 0 bridgehead atoms. The van der Waals surface area contributed by atoms with Gasteiger partial charge in [-0.05, 0) is 31.0 Å². The average molecular weight is 324 g/mol. The fraction of sp³-hybridized carbons (Fsp3) is 0.400. The van der Waals surface area contributed by atoms with Gasteiger partial charge in [0, 0.05) is 41.5 Å². The van der Waals surface area contributed by atoms with Crippen molar-refractivity contribution in [2.75, 3.05) is 26.2 Å². The van der Waals surface area contributed by atoms with Gasteiger partial charge in [0.05, 0.1) is 12.6 Å². The highest BCUT2D eigenvalue weighted by Crippen LogP contribution is 2.29. The lowest BCUT2D eigenvalue weighted by atomic mass is 10.1. The lowest BCUT2D eigenvalue weighted by molar-refractivity contribution is 0.107. The molecule has 2 N–H and O–H groups in total. The zero-order chi connectivity index (χ0) is 16.5. The van der Waals surface area contributed by atoms with Gasteiger partial charge in [-0.1, -0.05) is 36.4 Å². The summed E-state index contributed by atoms with van der Waals surface area (Å²) < 4.78 is 2.23. The van der Waals surface area contributed by atoms with Crippen molar-refractivity contribution in [2.24, 2.45) is 5.92 Å². The first kappa shape index (κ1) is 15.6. The molecule has 1 aliphatic rings. The number of rotatable bonds is 5. The van der Waals surface area contributed by atoms with Crippen LogP contribution < -0.4 is 0 Å². The Balaban J connectivity index is 1.59. The maximum atomic E-state index is 10.6. The standard InChI is InChI=1S/C20H24N2O2/c23-14-15-9-10-21(11-15)12-16(24)13-22-19-7-3-1-5-17(19)18-6-2-4-8-20(18)22/h1-8,15-16,23-24H,9-14H2/t15-,16-/m0/s1. The molecule has 4 rings (SSSR count). The second kappa shape index (κ2) is 6.55. The molecule has 0 aliphatic carbocycles. The van der Waals surface area contributed by atoms with Crippen molar-refractivity contribution in [2.45, 2.75) is 19.1 Å². The Morgan fingerprint density at radius 3 is 2.17 bits per heavy atom. The van der Waals surface area contributed by atoms with E-state index in [2.05, 4.69) is 58.0 Å². The lowest BCUT2D eigenvalue weighted by Crippen LogP contribution is -2.33. The van der Waals surface area contributed by atoms with E-state index in [4.69, 9.17) is 0 Å². The fourth-order valence-corrected chi connectivity index (χ4v) is 3.99. The Kier molecular flexibility index (Phi) is 4.27. The highest BCUT2D eigenvalue weighted by Gasteiger charge is 2.24. The molecule has 0 amide bonds. The van der Waals surface area contributed by atoms with Gasteiger partial charge in [-0.3, -0.25) is 0 Å². The molecule has 2 atom stereocenters. The van der Waals surface area contributed by atoms with Crippen LogP contribution in [0.2, 0.25) is 0 Å². The van der Waals surface area contributed by atoms with Crippen LogP contribution in [0.1, 0.15) is 6.42 Å². The minimum absolute atomic E-state index is 0.249. The smallest absolute Gasteiger partial charge is 0.0845 e. The molecule has 0 spiro atoms. The highest BCUT2D eigenvalue weighted by molar-refractivity contribution is 6.07. The van der Waals surface area contributed by atoms with E-state index in [0.717, 1.165) is 19.5 Å². The number of nitrogens with zero attached hydrogens (tertiary/aromatic N) is 2. The largest absolute Gasteiger partial charge is 0.396 e. The highest BCUT2D eigenvalue weighted by atomic mass is 16.3. The Morgan fingerprint density at radius 2 is 1.58 bits per heavy atom. The molecule has 0 saturated carbocycles. The molecule has 126 valence electrons. The third-order valence-electron chi connectivity index (χ3n) is 5.17. The zero-order valence-electron chi connectivity index (χ0n) is 13.8. The molecule has 0 unspecified atom stereocenters. The summed E-state index contributed by atoms with van der Waals surface area (Å²) in [6.45, 7) is 3.36. The van der Waals surface area contributed by atoms with Gasteiger partial charge in [-0.15, -0.1) is 0 Å². The molecular weight excluding hydrogens is 300 g/mol. The van der Waals surface area contributed by atoms with Crippen molar-refractivity contribution >= 4 is 21.8 Å². The quantitative estimate of drug-likeness (QED) is 0.758. The normalized spacial score (nSPS) is 20.2. The summed E-state index contributed by atoms with van der Waals surface area (Å²) in [4.78, 5) is 2.26. The Morgan fingerprint density at radius 1 is 0.958 bits per heavy atom. The maximum absolute atomic E-state index is 10.6. The van der Waals surface area contributed by atoms with Gasteiger partial charge in [0.1, 0.15) is 0 Å². The predicted molar refractivity (Wildman–Crippen MR) is 97.1 cm³/mol. The molecule has 0 radical (unpaired) electrons. The van der Waals surface area contributed by atoms with E-state index >= 15 is 0 Å². The number of aliphatic hydroxyl groups excluding tert-OH is 2. The van der Waals surface area contributed by atoms with Crippen molar-refractivity contribution in [3.8, 4) is 0 Å². The summed E-state index contributed by atoms with van der Waals surface area (Å²) in [6.07, 6.45) is 0.611. The van der Waals surface area contributed by atoms with Crippen LogP contribution in [-0.2, 0) is 6.54 Å². The van der Waals surface area contributed by atoms with Gasteiger partial charge in [0.15, 0.2) is 0 Å². The molecule has 1 saturated heterocycles. The number of β-amino-alcohol motifs (C(OH)–C–C–N with tert-alkyl or cyclic N) is 1. The van der Waals surface area contributed by atoms with E-state index < -0.39 is 6.10 Å². The molecule has 1 fully saturated rings. The van der Waals surface area contributed by atoms with Crippen LogP contribution in [0.4, 0.5) is 0 Å². The summed E-state index contributed by atoms with van der Waals surface area (Å²) >= 11 is 0. The number of para-hydroxylation sites is 2. The number of aromatic nitrogens is 1. The Hall–Kier alpha value is -1.88. The van der Waals surface area contributed by atoms with E-state index in [1.807, 2.05) is 0 Å². The van der Waals surface area contributed by atoms with Crippen LogP contribution in [-0.4, -0.2) is 52.0 Å². The Labute approximate surface area is 141 Å². The number of fused-ring (bicyclic) bond motifs is 3. The Bertz CT molecular complexity index is 789. The van der Waals surface area contributed by atoms with Gasteiger partial charge in [-0.2, -0.15) is 0 Å². The van der Waals surface area contributed by atoms with Crippen molar-refractivity contribution in [1.82, 2.24) is 9.47 Å².